The van der Waals surface area contributed by atoms with Crippen LogP contribution in [-0.2, 0) is 6.54 Å². The van der Waals surface area contributed by atoms with Crippen molar-refractivity contribution >= 4 is 0 Å². The second-order valence-electron chi connectivity index (χ2n) is 5.02. The van der Waals surface area contributed by atoms with Crippen LogP contribution < -0.4 is 10.1 Å². The van der Waals surface area contributed by atoms with E-state index in [0.29, 0.717) is 0 Å². The second kappa shape index (κ2) is 6.53. The molecule has 0 aliphatic heterocycles. The summed E-state index contributed by atoms with van der Waals surface area (Å²) >= 11 is 0. The van der Waals surface area contributed by atoms with Crippen LogP contribution in [0.2, 0.25) is 0 Å². The van der Waals surface area contributed by atoms with Crippen molar-refractivity contribution in [3.63, 3.8) is 0 Å². The van der Waals surface area contributed by atoms with Gasteiger partial charge in [0.2, 0.25) is 0 Å². The third kappa shape index (κ3) is 3.36. The van der Waals surface area contributed by atoms with Gasteiger partial charge >= 0.3 is 0 Å². The lowest BCUT2D eigenvalue weighted by atomic mass is 10.1. The Bertz CT molecular complexity index is 594. The van der Waals surface area contributed by atoms with Gasteiger partial charge in [-0.3, -0.25) is 4.98 Å². The first-order valence-corrected chi connectivity index (χ1v) is 7.02. The van der Waals surface area contributed by atoms with Crippen molar-refractivity contribution in [2.24, 2.45) is 0 Å². The predicted octanol–water partition coefficient (Wildman–Crippen LogP) is 3.91. The molecule has 0 aliphatic carbocycles. The third-order valence-corrected chi connectivity index (χ3v) is 3.44. The minimum absolute atomic E-state index is 0.763. The van der Waals surface area contributed by atoms with E-state index in [0.717, 1.165) is 35.8 Å². The number of aryl methyl sites for hydroxylation is 2. The minimum atomic E-state index is 0.763. The van der Waals surface area contributed by atoms with Gasteiger partial charge in [0.05, 0.1) is 5.69 Å². The van der Waals surface area contributed by atoms with Crippen LogP contribution in [0.15, 0.2) is 30.5 Å². The fraction of sp³-hybridized carbons (Fsp3) is 0.353. The van der Waals surface area contributed by atoms with Crippen LogP contribution in [0, 0.1) is 20.8 Å². The standard InChI is InChI=1S/C17H22N2O/c1-5-18-11-15-10-16(8-9-19-15)20-17-13(3)7-6-12(2)14(17)4/h6-10,18H,5,11H2,1-4H3. The molecule has 0 unspecified atom stereocenters. The smallest absolute Gasteiger partial charge is 0.133 e. The van der Waals surface area contributed by atoms with E-state index in [9.17, 15) is 0 Å². The maximum absolute atomic E-state index is 6.07. The summed E-state index contributed by atoms with van der Waals surface area (Å²) < 4.78 is 6.07. The summed E-state index contributed by atoms with van der Waals surface area (Å²) in [7, 11) is 0. The van der Waals surface area contributed by atoms with Crippen LogP contribution in [0.25, 0.3) is 0 Å². The summed E-state index contributed by atoms with van der Waals surface area (Å²) in [5, 5.41) is 3.27. The first-order chi connectivity index (χ1) is 9.61. The second-order valence-corrected chi connectivity index (χ2v) is 5.02. The van der Waals surface area contributed by atoms with E-state index in [4.69, 9.17) is 4.74 Å². The van der Waals surface area contributed by atoms with Gasteiger partial charge in [0.1, 0.15) is 11.5 Å². The Hall–Kier alpha value is -1.87. The summed E-state index contributed by atoms with van der Waals surface area (Å²) in [5.74, 6) is 1.79. The number of hydrogen-bond acceptors (Lipinski definition) is 3. The van der Waals surface area contributed by atoms with E-state index in [-0.39, 0.29) is 0 Å². The Morgan fingerprint density at radius 3 is 2.60 bits per heavy atom. The zero-order chi connectivity index (χ0) is 14.5. The van der Waals surface area contributed by atoms with Crippen LogP contribution in [0.3, 0.4) is 0 Å². The highest BCUT2D eigenvalue weighted by Crippen LogP contribution is 2.30. The third-order valence-electron chi connectivity index (χ3n) is 3.44. The lowest BCUT2D eigenvalue weighted by molar-refractivity contribution is 0.472. The van der Waals surface area contributed by atoms with Crippen molar-refractivity contribution in [2.75, 3.05) is 6.54 Å². The molecule has 0 saturated heterocycles. The van der Waals surface area contributed by atoms with Gasteiger partial charge in [0.25, 0.3) is 0 Å². The molecule has 0 aliphatic rings. The Morgan fingerprint density at radius 1 is 1.10 bits per heavy atom. The van der Waals surface area contributed by atoms with Crippen molar-refractivity contribution < 1.29 is 4.74 Å². The quantitative estimate of drug-likeness (QED) is 0.894. The van der Waals surface area contributed by atoms with Crippen LogP contribution in [-0.4, -0.2) is 11.5 Å². The molecular formula is C17H22N2O. The molecule has 3 nitrogen and oxygen atoms in total. The van der Waals surface area contributed by atoms with Crippen molar-refractivity contribution in [3.05, 3.63) is 52.8 Å². The van der Waals surface area contributed by atoms with Gasteiger partial charge in [-0.15, -0.1) is 0 Å². The van der Waals surface area contributed by atoms with Gasteiger partial charge in [0, 0.05) is 18.8 Å². The Morgan fingerprint density at radius 2 is 1.85 bits per heavy atom. The average Bonchev–Trinajstić information content (AvgIpc) is 2.46. The molecule has 2 rings (SSSR count). The molecular weight excluding hydrogens is 248 g/mol. The van der Waals surface area contributed by atoms with Gasteiger partial charge in [0.15, 0.2) is 0 Å². The number of nitrogens with zero attached hydrogens (tertiary/aromatic N) is 1. The molecule has 106 valence electrons. The lowest BCUT2D eigenvalue weighted by Crippen LogP contribution is -2.12. The molecule has 0 atom stereocenters. The fourth-order valence-corrected chi connectivity index (χ4v) is 2.07. The van der Waals surface area contributed by atoms with Crippen LogP contribution in [0.1, 0.15) is 29.3 Å². The molecule has 3 heteroatoms. The highest BCUT2D eigenvalue weighted by atomic mass is 16.5. The molecule has 0 saturated carbocycles. The molecule has 0 spiro atoms. The first kappa shape index (κ1) is 14.5. The molecule has 1 aromatic carbocycles. The normalized spacial score (nSPS) is 10.6. The van der Waals surface area contributed by atoms with Gasteiger partial charge < -0.3 is 10.1 Å². The summed E-state index contributed by atoms with van der Waals surface area (Å²) in [6.45, 7) is 10.0. The summed E-state index contributed by atoms with van der Waals surface area (Å²) in [5.41, 5.74) is 4.58. The monoisotopic (exact) mass is 270 g/mol. The molecule has 0 radical (unpaired) electrons. The van der Waals surface area contributed by atoms with Gasteiger partial charge in [-0.1, -0.05) is 19.1 Å². The number of ether oxygens (including phenoxy) is 1. The van der Waals surface area contributed by atoms with Crippen molar-refractivity contribution in [3.8, 4) is 11.5 Å². The minimum Gasteiger partial charge on any atom is -0.457 e. The highest BCUT2D eigenvalue weighted by Gasteiger charge is 2.08. The number of hydrogen-bond donors (Lipinski definition) is 1. The molecule has 1 heterocycles. The largest absolute Gasteiger partial charge is 0.457 e. The number of pyridine rings is 1. The molecule has 2 aromatic rings. The van der Waals surface area contributed by atoms with Crippen molar-refractivity contribution in [1.82, 2.24) is 10.3 Å². The van der Waals surface area contributed by atoms with E-state index in [1.54, 1.807) is 6.20 Å². The number of rotatable bonds is 5. The van der Waals surface area contributed by atoms with E-state index in [2.05, 4.69) is 50.1 Å². The summed E-state index contributed by atoms with van der Waals surface area (Å²) in [4.78, 5) is 4.34. The molecule has 0 amide bonds. The van der Waals surface area contributed by atoms with Crippen molar-refractivity contribution in [2.45, 2.75) is 34.2 Å². The Labute approximate surface area is 121 Å². The number of aromatic nitrogens is 1. The predicted molar refractivity (Wildman–Crippen MR) is 82.3 cm³/mol. The van der Waals surface area contributed by atoms with Crippen molar-refractivity contribution in [1.29, 1.82) is 0 Å². The first-order valence-electron chi connectivity index (χ1n) is 7.02. The number of nitrogens with one attached hydrogen (secondary N) is 1. The molecule has 20 heavy (non-hydrogen) atoms. The summed E-state index contributed by atoms with van der Waals surface area (Å²) in [6.07, 6.45) is 1.79. The fourth-order valence-electron chi connectivity index (χ4n) is 2.07. The maximum Gasteiger partial charge on any atom is 0.133 e. The molecule has 0 bridgehead atoms. The average molecular weight is 270 g/mol. The molecule has 0 fully saturated rings. The SMILES string of the molecule is CCNCc1cc(Oc2c(C)ccc(C)c2C)ccn1. The molecule has 1 N–H and O–H groups in total. The van der Waals surface area contributed by atoms with Gasteiger partial charge in [-0.25, -0.2) is 0 Å². The number of benzene rings is 1. The maximum atomic E-state index is 6.07. The Kier molecular flexibility index (Phi) is 4.74. The van der Waals surface area contributed by atoms with Crippen LogP contribution in [0.5, 0.6) is 11.5 Å². The lowest BCUT2D eigenvalue weighted by Gasteiger charge is -2.14. The van der Waals surface area contributed by atoms with E-state index >= 15 is 0 Å². The summed E-state index contributed by atoms with van der Waals surface area (Å²) in [6, 6.07) is 8.11. The van der Waals surface area contributed by atoms with Gasteiger partial charge in [-0.05, 0) is 50.1 Å². The van der Waals surface area contributed by atoms with E-state index < -0.39 is 0 Å². The van der Waals surface area contributed by atoms with Gasteiger partial charge in [-0.2, -0.15) is 0 Å². The van der Waals surface area contributed by atoms with Crippen LogP contribution >= 0.6 is 0 Å². The highest BCUT2D eigenvalue weighted by molar-refractivity contribution is 5.46. The van der Waals surface area contributed by atoms with Crippen LogP contribution in [0.4, 0.5) is 0 Å². The van der Waals surface area contributed by atoms with E-state index in [1.165, 1.54) is 11.1 Å². The molecule has 1 aromatic heterocycles. The topological polar surface area (TPSA) is 34.1 Å². The zero-order valence-corrected chi connectivity index (χ0v) is 12.7. The Balaban J connectivity index is 2.24. The van der Waals surface area contributed by atoms with E-state index in [1.807, 2.05) is 12.1 Å². The zero-order valence-electron chi connectivity index (χ0n) is 12.7.